The highest BCUT2D eigenvalue weighted by Crippen LogP contribution is 2.22. The molecule has 0 amide bonds. The molecule has 1 aromatic carbocycles. The van der Waals surface area contributed by atoms with Crippen molar-refractivity contribution in [2.75, 3.05) is 5.32 Å². The lowest BCUT2D eigenvalue weighted by Crippen LogP contribution is -2.03. The molecule has 0 aliphatic rings. The number of hydrogen-bond donors (Lipinski definition) is 1. The van der Waals surface area contributed by atoms with Gasteiger partial charge in [-0.3, -0.25) is 14.5 Å². The van der Waals surface area contributed by atoms with E-state index in [1.54, 1.807) is 23.5 Å². The molecule has 0 saturated heterocycles. The normalized spacial score (nSPS) is 11.0. The quantitative estimate of drug-likeness (QED) is 0.591. The molecule has 0 fully saturated rings. The Morgan fingerprint density at radius 1 is 1.33 bits per heavy atom. The highest BCUT2D eigenvalue weighted by Gasteiger charge is 2.11. The maximum Gasteiger partial charge on any atom is 0.269 e. The van der Waals surface area contributed by atoms with Crippen LogP contribution in [0.25, 0.3) is 4.96 Å². The van der Waals surface area contributed by atoms with Crippen molar-refractivity contribution in [3.05, 3.63) is 56.8 Å². The van der Waals surface area contributed by atoms with Crippen molar-refractivity contribution in [2.45, 2.75) is 20.4 Å². The number of thiazole rings is 1. The topological polar surface area (TPSA) is 72.5 Å². The first kappa shape index (κ1) is 13.6. The molecule has 21 heavy (non-hydrogen) atoms. The molecule has 0 unspecified atom stereocenters. The Morgan fingerprint density at radius 2 is 2.05 bits per heavy atom. The van der Waals surface area contributed by atoms with Gasteiger partial charge in [-0.2, -0.15) is 0 Å². The number of nitrogens with zero attached hydrogens (tertiary/aromatic N) is 3. The molecule has 0 aliphatic carbocycles. The number of nitrogens with one attached hydrogen (secondary N) is 1. The Balaban J connectivity index is 1.79. The van der Waals surface area contributed by atoms with Crippen molar-refractivity contribution < 1.29 is 4.92 Å². The van der Waals surface area contributed by atoms with E-state index in [9.17, 15) is 10.1 Å². The van der Waals surface area contributed by atoms with Crippen LogP contribution < -0.4 is 5.32 Å². The molecule has 0 atom stereocenters. The Bertz CT molecular complexity index is 804. The van der Waals surface area contributed by atoms with Gasteiger partial charge in [0.25, 0.3) is 5.69 Å². The molecule has 108 valence electrons. The second-order valence-corrected chi connectivity index (χ2v) is 6.01. The van der Waals surface area contributed by atoms with Gasteiger partial charge in [-0.15, -0.1) is 11.3 Å². The van der Waals surface area contributed by atoms with Gasteiger partial charge in [-0.05, 0) is 26.0 Å². The number of nitro benzene ring substituents is 1. The van der Waals surface area contributed by atoms with Crippen molar-refractivity contribution in [1.82, 2.24) is 9.38 Å². The van der Waals surface area contributed by atoms with E-state index in [-0.39, 0.29) is 5.69 Å². The third kappa shape index (κ3) is 2.59. The van der Waals surface area contributed by atoms with Gasteiger partial charge >= 0.3 is 0 Å². The van der Waals surface area contributed by atoms with Crippen LogP contribution in [0.4, 0.5) is 11.4 Å². The predicted molar refractivity (Wildman–Crippen MR) is 83.0 cm³/mol. The summed E-state index contributed by atoms with van der Waals surface area (Å²) in [6, 6.07) is 6.42. The Hall–Kier alpha value is -2.41. The van der Waals surface area contributed by atoms with E-state index < -0.39 is 4.92 Å². The van der Waals surface area contributed by atoms with Crippen LogP contribution >= 0.6 is 11.3 Å². The molecule has 1 N–H and O–H groups in total. The van der Waals surface area contributed by atoms with Crippen LogP contribution in [0, 0.1) is 24.0 Å². The van der Waals surface area contributed by atoms with E-state index >= 15 is 0 Å². The summed E-state index contributed by atoms with van der Waals surface area (Å²) in [7, 11) is 0. The van der Waals surface area contributed by atoms with Crippen molar-refractivity contribution in [1.29, 1.82) is 0 Å². The summed E-state index contributed by atoms with van der Waals surface area (Å²) in [4.78, 5) is 17.0. The summed E-state index contributed by atoms with van der Waals surface area (Å²) in [6.07, 6.45) is 2.08. The van der Waals surface area contributed by atoms with Gasteiger partial charge in [0, 0.05) is 28.9 Å². The molecule has 0 bridgehead atoms. The van der Waals surface area contributed by atoms with Crippen molar-refractivity contribution >= 4 is 27.7 Å². The molecule has 2 heterocycles. The molecule has 6 nitrogen and oxygen atoms in total. The molecule has 0 aliphatic heterocycles. The zero-order valence-corrected chi connectivity index (χ0v) is 12.5. The van der Waals surface area contributed by atoms with Gasteiger partial charge in [0.15, 0.2) is 4.96 Å². The summed E-state index contributed by atoms with van der Waals surface area (Å²) >= 11 is 1.66. The maximum absolute atomic E-state index is 10.6. The SMILES string of the molecule is Cc1cn2c(CNc3ccc([N+](=O)[O-])cc3)c(C)nc2s1. The smallest absolute Gasteiger partial charge is 0.269 e. The first-order valence-corrected chi connectivity index (χ1v) is 7.28. The predicted octanol–water partition coefficient (Wildman–Crippen LogP) is 3.53. The van der Waals surface area contributed by atoms with Crippen LogP contribution in [0.2, 0.25) is 0 Å². The van der Waals surface area contributed by atoms with E-state index in [1.807, 2.05) is 6.92 Å². The van der Waals surface area contributed by atoms with Crippen LogP contribution in [0.15, 0.2) is 30.5 Å². The van der Waals surface area contributed by atoms with Crippen molar-refractivity contribution in [3.63, 3.8) is 0 Å². The lowest BCUT2D eigenvalue weighted by atomic mass is 10.2. The molecule has 0 saturated carbocycles. The second-order valence-electron chi connectivity index (χ2n) is 4.80. The minimum absolute atomic E-state index is 0.0944. The Kier molecular flexibility index (Phi) is 3.34. The average Bonchev–Trinajstić information content (AvgIpc) is 2.92. The number of aryl methyl sites for hydroxylation is 2. The number of fused-ring (bicyclic) bond motifs is 1. The van der Waals surface area contributed by atoms with Crippen LogP contribution in [0.3, 0.4) is 0 Å². The highest BCUT2D eigenvalue weighted by molar-refractivity contribution is 7.17. The number of hydrogen-bond acceptors (Lipinski definition) is 5. The molecule has 2 aromatic heterocycles. The number of imidazole rings is 1. The van der Waals surface area contributed by atoms with Crippen LogP contribution in [-0.4, -0.2) is 14.3 Å². The maximum atomic E-state index is 10.6. The molecular weight excluding hydrogens is 288 g/mol. The zero-order valence-electron chi connectivity index (χ0n) is 11.7. The minimum atomic E-state index is -0.400. The molecule has 0 spiro atoms. The van der Waals surface area contributed by atoms with Gasteiger partial charge < -0.3 is 5.32 Å². The molecule has 3 rings (SSSR count). The number of nitro groups is 1. The minimum Gasteiger partial charge on any atom is -0.379 e. The number of non-ortho nitro benzene ring substituents is 1. The fraction of sp³-hybridized carbons (Fsp3) is 0.214. The lowest BCUT2D eigenvalue weighted by Gasteiger charge is -2.06. The monoisotopic (exact) mass is 302 g/mol. The third-order valence-electron chi connectivity index (χ3n) is 3.28. The molecule has 3 aromatic rings. The van der Waals surface area contributed by atoms with E-state index in [4.69, 9.17) is 0 Å². The lowest BCUT2D eigenvalue weighted by molar-refractivity contribution is -0.384. The highest BCUT2D eigenvalue weighted by atomic mass is 32.1. The molecule has 0 radical (unpaired) electrons. The van der Waals surface area contributed by atoms with E-state index in [2.05, 4.69) is 27.8 Å². The van der Waals surface area contributed by atoms with E-state index in [0.717, 1.165) is 22.0 Å². The average molecular weight is 302 g/mol. The number of benzene rings is 1. The van der Waals surface area contributed by atoms with E-state index in [0.29, 0.717) is 6.54 Å². The fourth-order valence-electron chi connectivity index (χ4n) is 2.21. The van der Waals surface area contributed by atoms with Crippen molar-refractivity contribution in [2.24, 2.45) is 0 Å². The Morgan fingerprint density at radius 3 is 2.71 bits per heavy atom. The number of anilines is 1. The summed E-state index contributed by atoms with van der Waals surface area (Å²) in [5.41, 5.74) is 3.04. The molecule has 7 heteroatoms. The number of rotatable bonds is 4. The zero-order chi connectivity index (χ0) is 15.0. The van der Waals surface area contributed by atoms with Gasteiger partial charge in [0.1, 0.15) is 0 Å². The largest absolute Gasteiger partial charge is 0.379 e. The number of aromatic nitrogens is 2. The second kappa shape index (κ2) is 5.17. The van der Waals surface area contributed by atoms with Gasteiger partial charge in [-0.1, -0.05) is 0 Å². The summed E-state index contributed by atoms with van der Waals surface area (Å²) < 4.78 is 2.09. The van der Waals surface area contributed by atoms with Crippen LogP contribution in [0.1, 0.15) is 16.3 Å². The third-order valence-corrected chi connectivity index (χ3v) is 4.18. The fourth-order valence-corrected chi connectivity index (χ4v) is 3.10. The standard InChI is InChI=1S/C14H14N4O2S/c1-9-8-17-13(10(2)16-14(17)21-9)7-15-11-3-5-12(6-4-11)18(19)20/h3-6,8,15H,7H2,1-2H3. The Labute approximate surface area is 125 Å². The summed E-state index contributed by atoms with van der Waals surface area (Å²) in [6.45, 7) is 4.67. The van der Waals surface area contributed by atoms with Gasteiger partial charge in [-0.25, -0.2) is 4.98 Å². The van der Waals surface area contributed by atoms with Crippen LogP contribution in [0.5, 0.6) is 0 Å². The van der Waals surface area contributed by atoms with Crippen LogP contribution in [-0.2, 0) is 6.54 Å². The van der Waals surface area contributed by atoms with Gasteiger partial charge in [0.2, 0.25) is 0 Å². The first-order chi connectivity index (χ1) is 10.0. The van der Waals surface area contributed by atoms with Crippen molar-refractivity contribution in [3.8, 4) is 0 Å². The molecular formula is C14H14N4O2S. The summed E-state index contributed by atoms with van der Waals surface area (Å²) in [5.74, 6) is 0. The van der Waals surface area contributed by atoms with E-state index in [1.165, 1.54) is 17.0 Å². The van der Waals surface area contributed by atoms with Gasteiger partial charge in [0.05, 0.1) is 22.9 Å². The summed E-state index contributed by atoms with van der Waals surface area (Å²) in [5, 5.41) is 13.9. The first-order valence-electron chi connectivity index (χ1n) is 6.47.